The van der Waals surface area contributed by atoms with Crippen LogP contribution in [0.5, 0.6) is 11.5 Å². The van der Waals surface area contributed by atoms with Crippen molar-refractivity contribution in [3.8, 4) is 11.5 Å². The lowest BCUT2D eigenvalue weighted by Crippen LogP contribution is -2.31. The van der Waals surface area contributed by atoms with Crippen LogP contribution in [-0.2, 0) is 11.3 Å². The molecule has 1 aromatic heterocycles. The Kier molecular flexibility index (Phi) is 5.55. The topological polar surface area (TPSA) is 82.8 Å². The zero-order valence-corrected chi connectivity index (χ0v) is 14.4. The van der Waals surface area contributed by atoms with E-state index in [2.05, 4.69) is 10.5 Å². The molecule has 7 heteroatoms. The molecule has 1 saturated heterocycles. The molecule has 0 spiro atoms. The van der Waals surface area contributed by atoms with Crippen molar-refractivity contribution in [3.05, 3.63) is 41.3 Å². The minimum Gasteiger partial charge on any atom is -0.493 e. The lowest BCUT2D eigenvalue weighted by molar-refractivity contribution is 0.0850. The van der Waals surface area contributed by atoms with E-state index in [9.17, 15) is 4.79 Å². The van der Waals surface area contributed by atoms with Crippen molar-refractivity contribution < 1.29 is 23.5 Å². The molecule has 1 aromatic carbocycles. The van der Waals surface area contributed by atoms with Crippen LogP contribution in [0.1, 0.15) is 34.7 Å². The first-order chi connectivity index (χ1) is 12.2. The van der Waals surface area contributed by atoms with Gasteiger partial charge in [0.05, 0.1) is 13.2 Å². The van der Waals surface area contributed by atoms with Crippen LogP contribution in [0, 0.1) is 6.92 Å². The highest BCUT2D eigenvalue weighted by Crippen LogP contribution is 2.28. The molecule has 1 atom stereocenters. The molecule has 1 aliphatic rings. The van der Waals surface area contributed by atoms with Gasteiger partial charge in [0.15, 0.2) is 23.0 Å². The maximum absolute atomic E-state index is 12.1. The highest BCUT2D eigenvalue weighted by Gasteiger charge is 2.18. The molecule has 134 valence electrons. The molecule has 0 bridgehead atoms. The summed E-state index contributed by atoms with van der Waals surface area (Å²) in [5.41, 5.74) is 1.31. The van der Waals surface area contributed by atoms with E-state index in [0.717, 1.165) is 25.0 Å². The van der Waals surface area contributed by atoms with E-state index >= 15 is 0 Å². The second kappa shape index (κ2) is 8.02. The number of amides is 1. The van der Waals surface area contributed by atoms with Gasteiger partial charge in [-0.3, -0.25) is 4.79 Å². The van der Waals surface area contributed by atoms with Crippen molar-refractivity contribution in [2.75, 3.05) is 20.3 Å². The minimum absolute atomic E-state index is 0.0904. The van der Waals surface area contributed by atoms with Gasteiger partial charge in [0.1, 0.15) is 6.61 Å². The Hall–Kier alpha value is -2.54. The van der Waals surface area contributed by atoms with Gasteiger partial charge in [-0.2, -0.15) is 0 Å². The number of carbonyl (C=O) groups excluding carboxylic acids is 1. The standard InChI is InChI=1S/C18H22N2O5/c1-12-5-6-16(17(8-12)22-2)24-11-14-9-15(20-25-14)18(21)19-10-13-4-3-7-23-13/h5-6,8-9,13H,3-4,7,10-11H2,1-2H3,(H,19,21)/t13-/m0/s1. The lowest BCUT2D eigenvalue weighted by atomic mass is 10.2. The fourth-order valence-electron chi connectivity index (χ4n) is 2.63. The molecule has 0 radical (unpaired) electrons. The number of rotatable bonds is 7. The fourth-order valence-corrected chi connectivity index (χ4v) is 2.63. The number of aromatic nitrogens is 1. The van der Waals surface area contributed by atoms with Gasteiger partial charge in [0.2, 0.25) is 0 Å². The quantitative estimate of drug-likeness (QED) is 0.829. The molecule has 0 unspecified atom stereocenters. The summed E-state index contributed by atoms with van der Waals surface area (Å²) in [4.78, 5) is 12.1. The lowest BCUT2D eigenvalue weighted by Gasteiger charge is -2.09. The number of benzene rings is 1. The van der Waals surface area contributed by atoms with E-state index in [1.54, 1.807) is 13.2 Å². The first kappa shape index (κ1) is 17.3. The molecule has 2 heterocycles. The monoisotopic (exact) mass is 346 g/mol. The Morgan fingerprint density at radius 2 is 2.24 bits per heavy atom. The van der Waals surface area contributed by atoms with E-state index in [-0.39, 0.29) is 24.3 Å². The van der Waals surface area contributed by atoms with Gasteiger partial charge in [0.25, 0.3) is 5.91 Å². The number of hydrogen-bond donors (Lipinski definition) is 1. The molecule has 2 aromatic rings. The van der Waals surface area contributed by atoms with Crippen molar-refractivity contribution in [2.45, 2.75) is 32.5 Å². The summed E-state index contributed by atoms with van der Waals surface area (Å²) in [6, 6.07) is 7.23. The van der Waals surface area contributed by atoms with Gasteiger partial charge in [-0.05, 0) is 37.5 Å². The molecule has 3 rings (SSSR count). The molecule has 0 saturated carbocycles. The SMILES string of the molecule is COc1cc(C)ccc1OCc1cc(C(=O)NC[C@@H]2CCCO2)no1. The van der Waals surface area contributed by atoms with E-state index in [1.165, 1.54) is 0 Å². The maximum Gasteiger partial charge on any atom is 0.273 e. The predicted octanol–water partition coefficient (Wildman–Crippen LogP) is 2.48. The van der Waals surface area contributed by atoms with Gasteiger partial charge < -0.3 is 24.1 Å². The normalized spacial score (nSPS) is 16.6. The number of methoxy groups -OCH3 is 1. The van der Waals surface area contributed by atoms with E-state index in [4.69, 9.17) is 18.7 Å². The smallest absolute Gasteiger partial charge is 0.273 e. The Bertz CT molecular complexity index is 722. The molecular formula is C18H22N2O5. The van der Waals surface area contributed by atoms with Crippen molar-refractivity contribution in [3.63, 3.8) is 0 Å². The largest absolute Gasteiger partial charge is 0.493 e. The third-order valence-electron chi connectivity index (χ3n) is 3.99. The summed E-state index contributed by atoms with van der Waals surface area (Å²) in [6.07, 6.45) is 2.10. The van der Waals surface area contributed by atoms with Gasteiger partial charge in [-0.15, -0.1) is 0 Å². The molecule has 7 nitrogen and oxygen atoms in total. The highest BCUT2D eigenvalue weighted by molar-refractivity contribution is 5.92. The summed E-state index contributed by atoms with van der Waals surface area (Å²) in [5.74, 6) is 1.44. The van der Waals surface area contributed by atoms with E-state index in [0.29, 0.717) is 23.8 Å². The number of ether oxygens (including phenoxy) is 3. The molecule has 1 fully saturated rings. The van der Waals surface area contributed by atoms with Crippen LogP contribution >= 0.6 is 0 Å². The van der Waals surface area contributed by atoms with Crippen molar-refractivity contribution >= 4 is 5.91 Å². The van der Waals surface area contributed by atoms with Gasteiger partial charge in [-0.25, -0.2) is 0 Å². The Morgan fingerprint density at radius 1 is 1.36 bits per heavy atom. The Labute approximate surface area is 146 Å². The number of aryl methyl sites for hydroxylation is 1. The second-order valence-corrected chi connectivity index (χ2v) is 5.97. The maximum atomic E-state index is 12.1. The number of carbonyl (C=O) groups is 1. The van der Waals surface area contributed by atoms with Crippen molar-refractivity contribution in [2.24, 2.45) is 0 Å². The van der Waals surface area contributed by atoms with Crippen LogP contribution in [0.3, 0.4) is 0 Å². The molecule has 1 aliphatic heterocycles. The first-order valence-electron chi connectivity index (χ1n) is 8.28. The van der Waals surface area contributed by atoms with Gasteiger partial charge in [0, 0.05) is 19.2 Å². The summed E-state index contributed by atoms with van der Waals surface area (Å²) < 4.78 is 21.6. The number of nitrogens with one attached hydrogen (secondary N) is 1. The zero-order chi connectivity index (χ0) is 17.6. The van der Waals surface area contributed by atoms with Crippen molar-refractivity contribution in [1.82, 2.24) is 10.5 Å². The molecular weight excluding hydrogens is 324 g/mol. The minimum atomic E-state index is -0.279. The fraction of sp³-hybridized carbons (Fsp3) is 0.444. The third-order valence-corrected chi connectivity index (χ3v) is 3.99. The predicted molar refractivity (Wildman–Crippen MR) is 89.9 cm³/mol. The summed E-state index contributed by atoms with van der Waals surface area (Å²) >= 11 is 0. The summed E-state index contributed by atoms with van der Waals surface area (Å²) in [6.45, 7) is 3.38. The van der Waals surface area contributed by atoms with Crippen LogP contribution < -0.4 is 14.8 Å². The average molecular weight is 346 g/mol. The van der Waals surface area contributed by atoms with E-state index < -0.39 is 0 Å². The van der Waals surface area contributed by atoms with Crippen LogP contribution in [0.25, 0.3) is 0 Å². The number of nitrogens with zero attached hydrogens (tertiary/aromatic N) is 1. The first-order valence-corrected chi connectivity index (χ1v) is 8.28. The molecule has 1 N–H and O–H groups in total. The molecule has 1 amide bonds. The van der Waals surface area contributed by atoms with Crippen LogP contribution in [0.4, 0.5) is 0 Å². The molecule has 0 aliphatic carbocycles. The average Bonchev–Trinajstić information content (AvgIpc) is 3.30. The van der Waals surface area contributed by atoms with Gasteiger partial charge in [-0.1, -0.05) is 11.2 Å². The van der Waals surface area contributed by atoms with Crippen LogP contribution in [0.15, 0.2) is 28.8 Å². The summed E-state index contributed by atoms with van der Waals surface area (Å²) in [5, 5.41) is 6.60. The van der Waals surface area contributed by atoms with Crippen molar-refractivity contribution in [1.29, 1.82) is 0 Å². The zero-order valence-electron chi connectivity index (χ0n) is 14.4. The van der Waals surface area contributed by atoms with Crippen LogP contribution in [-0.4, -0.2) is 37.4 Å². The van der Waals surface area contributed by atoms with E-state index in [1.807, 2.05) is 25.1 Å². The van der Waals surface area contributed by atoms with Gasteiger partial charge >= 0.3 is 0 Å². The Balaban J connectivity index is 1.53. The number of hydrogen-bond acceptors (Lipinski definition) is 6. The second-order valence-electron chi connectivity index (χ2n) is 5.97. The Morgan fingerprint density at radius 3 is 3.00 bits per heavy atom. The third kappa shape index (κ3) is 4.51. The molecule has 25 heavy (non-hydrogen) atoms. The summed E-state index contributed by atoms with van der Waals surface area (Å²) in [7, 11) is 1.59. The van der Waals surface area contributed by atoms with Crippen LogP contribution in [0.2, 0.25) is 0 Å². The highest BCUT2D eigenvalue weighted by atomic mass is 16.5.